The molecule has 1 saturated heterocycles. The van der Waals surface area contributed by atoms with Gasteiger partial charge < -0.3 is 20.4 Å². The third-order valence-corrected chi connectivity index (χ3v) is 6.31. The number of nitrogens with one attached hydrogen (secondary N) is 4. The first-order valence-electron chi connectivity index (χ1n) is 11.6. The maximum Gasteiger partial charge on any atom is 0.279 e. The summed E-state index contributed by atoms with van der Waals surface area (Å²) < 4.78 is 0. The number of hydrogen-bond donors (Lipinski definition) is 4. The van der Waals surface area contributed by atoms with Gasteiger partial charge in [0.25, 0.3) is 11.8 Å². The van der Waals surface area contributed by atoms with E-state index in [9.17, 15) is 9.59 Å². The van der Waals surface area contributed by atoms with Crippen molar-refractivity contribution >= 4 is 17.5 Å². The Hall–Kier alpha value is -2.18. The number of rotatable bonds is 9. The first-order valence-corrected chi connectivity index (χ1v) is 11.6. The maximum absolute atomic E-state index is 12.4. The normalized spacial score (nSPS) is 21.6. The van der Waals surface area contributed by atoms with Gasteiger partial charge in [-0.2, -0.15) is 0 Å². The summed E-state index contributed by atoms with van der Waals surface area (Å²) in [5, 5.41) is 6.15. The minimum Gasteiger partial charge on any atom is -0.351 e. The smallest absolute Gasteiger partial charge is 0.279 e. The van der Waals surface area contributed by atoms with Crippen molar-refractivity contribution in [1.29, 1.82) is 0 Å². The highest BCUT2D eigenvalue weighted by Gasteiger charge is 2.26. The van der Waals surface area contributed by atoms with E-state index in [-0.39, 0.29) is 11.8 Å². The third-order valence-electron chi connectivity index (χ3n) is 6.31. The van der Waals surface area contributed by atoms with Crippen LogP contribution in [0.4, 0.5) is 5.69 Å². The molecule has 0 aromatic heterocycles. The highest BCUT2D eigenvalue weighted by molar-refractivity contribution is 5.92. The second kappa shape index (κ2) is 11.9. The molecule has 0 bridgehead atoms. The van der Waals surface area contributed by atoms with Crippen LogP contribution in [0.15, 0.2) is 35.9 Å². The van der Waals surface area contributed by atoms with Crippen LogP contribution in [0.25, 0.3) is 0 Å². The Morgan fingerprint density at radius 1 is 0.967 bits per heavy atom. The van der Waals surface area contributed by atoms with Crippen LogP contribution < -0.4 is 20.4 Å². The fourth-order valence-electron chi connectivity index (χ4n) is 4.47. The van der Waals surface area contributed by atoms with Gasteiger partial charge in [-0.1, -0.05) is 36.8 Å². The first-order chi connectivity index (χ1) is 14.6. The van der Waals surface area contributed by atoms with Crippen LogP contribution in [0.1, 0.15) is 44.6 Å². The fourth-order valence-corrected chi connectivity index (χ4v) is 4.47. The Labute approximate surface area is 180 Å². The predicted molar refractivity (Wildman–Crippen MR) is 120 cm³/mol. The van der Waals surface area contributed by atoms with Gasteiger partial charge in [0, 0.05) is 12.2 Å². The maximum atomic E-state index is 12.4. The van der Waals surface area contributed by atoms with Gasteiger partial charge in [0.05, 0.1) is 0 Å². The molecule has 0 radical (unpaired) electrons. The Balaban J connectivity index is 1.31. The van der Waals surface area contributed by atoms with E-state index in [0.29, 0.717) is 13.1 Å². The van der Waals surface area contributed by atoms with Crippen molar-refractivity contribution in [1.82, 2.24) is 5.32 Å². The third kappa shape index (κ3) is 7.26. The van der Waals surface area contributed by atoms with Gasteiger partial charge >= 0.3 is 0 Å². The van der Waals surface area contributed by atoms with Crippen LogP contribution in [-0.4, -0.2) is 57.6 Å². The molecular weight excluding hydrogens is 376 g/mol. The molecule has 0 saturated carbocycles. The van der Waals surface area contributed by atoms with Crippen molar-refractivity contribution in [2.45, 2.75) is 45.4 Å². The molecule has 1 heterocycles. The number of para-hydroxylation sites is 1. The van der Waals surface area contributed by atoms with E-state index in [2.05, 4.69) is 29.7 Å². The minimum absolute atomic E-state index is 0.0733. The number of hydrogen-bond acceptors (Lipinski definition) is 2. The average molecular weight is 415 g/mol. The van der Waals surface area contributed by atoms with Crippen molar-refractivity contribution in [3.63, 3.8) is 0 Å². The molecule has 0 spiro atoms. The number of amides is 2. The molecule has 0 atom stereocenters. The predicted octanol–water partition coefficient (Wildman–Crippen LogP) is -0.0224. The molecule has 1 aromatic rings. The molecule has 6 heteroatoms. The van der Waals surface area contributed by atoms with Gasteiger partial charge in [0.1, 0.15) is 26.2 Å². The molecule has 1 aromatic carbocycles. The van der Waals surface area contributed by atoms with Crippen LogP contribution in [0.2, 0.25) is 0 Å². The average Bonchev–Trinajstić information content (AvgIpc) is 2.76. The van der Waals surface area contributed by atoms with Crippen LogP contribution >= 0.6 is 0 Å². The zero-order valence-corrected chi connectivity index (χ0v) is 18.4. The number of aryl methyl sites for hydroxylation is 1. The van der Waals surface area contributed by atoms with Crippen LogP contribution in [0.5, 0.6) is 0 Å². The summed E-state index contributed by atoms with van der Waals surface area (Å²) in [7, 11) is 0. The number of piperazine rings is 1. The number of carbonyl (C=O) groups is 2. The lowest BCUT2D eigenvalue weighted by atomic mass is 9.97. The van der Waals surface area contributed by atoms with Gasteiger partial charge in [0.2, 0.25) is 0 Å². The van der Waals surface area contributed by atoms with Crippen molar-refractivity contribution in [3.05, 3.63) is 41.5 Å². The number of allylic oxidation sites excluding steroid dienone is 1. The highest BCUT2D eigenvalue weighted by atomic mass is 16.2. The van der Waals surface area contributed by atoms with Crippen LogP contribution in [0.3, 0.4) is 0 Å². The SMILES string of the molecule is CCc1ccccc1NC(=O)C[NH+]1CC[NH+](CC(=O)NCCC2=CCCCC2)CC1. The molecule has 6 nitrogen and oxygen atoms in total. The lowest BCUT2D eigenvalue weighted by Gasteiger charge is -2.29. The van der Waals surface area contributed by atoms with Crippen LogP contribution in [-0.2, 0) is 16.0 Å². The van der Waals surface area contributed by atoms with E-state index in [4.69, 9.17) is 0 Å². The lowest BCUT2D eigenvalue weighted by Crippen LogP contribution is -3.28. The van der Waals surface area contributed by atoms with E-state index in [0.717, 1.165) is 51.3 Å². The zero-order valence-electron chi connectivity index (χ0n) is 18.4. The summed E-state index contributed by atoms with van der Waals surface area (Å²) >= 11 is 0. The summed E-state index contributed by atoms with van der Waals surface area (Å²) in [5.41, 5.74) is 3.60. The van der Waals surface area contributed by atoms with E-state index >= 15 is 0 Å². The largest absolute Gasteiger partial charge is 0.351 e. The van der Waals surface area contributed by atoms with Gasteiger partial charge in [0.15, 0.2) is 13.1 Å². The molecule has 2 aliphatic rings. The van der Waals surface area contributed by atoms with Crippen molar-refractivity contribution in [2.75, 3.05) is 51.1 Å². The number of quaternary nitrogens is 2. The quantitative estimate of drug-likeness (QED) is 0.429. The first kappa shape index (κ1) is 22.5. The van der Waals surface area contributed by atoms with Gasteiger partial charge in [-0.15, -0.1) is 0 Å². The fraction of sp³-hybridized carbons (Fsp3) is 0.583. The molecule has 1 aliphatic heterocycles. The molecule has 1 aliphatic carbocycles. The molecule has 30 heavy (non-hydrogen) atoms. The van der Waals surface area contributed by atoms with E-state index in [1.165, 1.54) is 46.6 Å². The Morgan fingerprint density at radius 2 is 1.67 bits per heavy atom. The van der Waals surface area contributed by atoms with E-state index < -0.39 is 0 Å². The topological polar surface area (TPSA) is 67.1 Å². The van der Waals surface area contributed by atoms with Gasteiger partial charge in [-0.25, -0.2) is 0 Å². The van der Waals surface area contributed by atoms with Crippen LogP contribution in [0, 0.1) is 0 Å². The lowest BCUT2D eigenvalue weighted by molar-refractivity contribution is -1.00. The number of carbonyl (C=O) groups excluding carboxylic acids is 2. The monoisotopic (exact) mass is 414 g/mol. The summed E-state index contributed by atoms with van der Waals surface area (Å²) in [6, 6.07) is 7.99. The minimum atomic E-state index is 0.0733. The highest BCUT2D eigenvalue weighted by Crippen LogP contribution is 2.19. The molecule has 164 valence electrons. The van der Waals surface area contributed by atoms with E-state index in [1.54, 1.807) is 0 Å². The second-order valence-corrected chi connectivity index (χ2v) is 8.62. The zero-order chi connectivity index (χ0) is 21.2. The molecule has 3 rings (SSSR count). The summed E-state index contributed by atoms with van der Waals surface area (Å²) in [6.07, 6.45) is 9.24. The van der Waals surface area contributed by atoms with Crippen molar-refractivity contribution in [3.8, 4) is 0 Å². The Kier molecular flexibility index (Phi) is 8.90. The molecule has 1 fully saturated rings. The Bertz CT molecular complexity index is 738. The second-order valence-electron chi connectivity index (χ2n) is 8.62. The summed E-state index contributed by atoms with van der Waals surface area (Å²) in [4.78, 5) is 27.3. The molecular formula is C24H38N4O2+2. The molecule has 2 amide bonds. The van der Waals surface area contributed by atoms with Crippen molar-refractivity contribution in [2.24, 2.45) is 0 Å². The van der Waals surface area contributed by atoms with Gasteiger partial charge in [-0.05, 0) is 50.2 Å². The van der Waals surface area contributed by atoms with Gasteiger partial charge in [-0.3, -0.25) is 9.59 Å². The summed E-state index contributed by atoms with van der Waals surface area (Å²) in [6.45, 7) is 7.63. The molecule has 0 unspecified atom stereocenters. The Morgan fingerprint density at radius 3 is 2.33 bits per heavy atom. The van der Waals surface area contributed by atoms with Crippen molar-refractivity contribution < 1.29 is 19.4 Å². The van der Waals surface area contributed by atoms with E-state index in [1.807, 2.05) is 18.2 Å². The number of benzene rings is 1. The summed E-state index contributed by atoms with van der Waals surface area (Å²) in [5.74, 6) is 0.225. The number of anilines is 1. The molecule has 4 N–H and O–H groups in total. The standard InChI is InChI=1S/C24H36N4O2/c1-2-21-10-6-7-11-22(21)26-24(30)19-28-16-14-27(15-17-28)18-23(29)25-13-12-20-8-4-3-5-9-20/h6-8,10-11H,2-5,9,12-19H2,1H3,(H,25,29)(H,26,30)/p+2.